The predicted octanol–water partition coefficient (Wildman–Crippen LogP) is 3.35. The molecule has 0 radical (unpaired) electrons. The Morgan fingerprint density at radius 3 is 2.45 bits per heavy atom. The molecule has 0 amide bonds. The van der Waals surface area contributed by atoms with E-state index in [0.717, 1.165) is 62.0 Å². The van der Waals surface area contributed by atoms with Crippen LogP contribution in [-0.4, -0.2) is 82.3 Å². The molecular weight excluding hydrogens is 505 g/mol. The zero-order valence-corrected chi connectivity index (χ0v) is 22.4. The fraction of sp³-hybridized carbons (Fsp3) is 0.696. The number of benzene rings is 1. The number of nitrogens with zero attached hydrogens (tertiary/aromatic N) is 3. The highest BCUT2D eigenvalue weighted by Gasteiger charge is 2.22. The van der Waals surface area contributed by atoms with Gasteiger partial charge in [0, 0.05) is 39.3 Å². The van der Waals surface area contributed by atoms with Crippen molar-refractivity contribution in [2.75, 3.05) is 60.5 Å². The smallest absolute Gasteiger partial charge is 0.191 e. The topological polar surface area (TPSA) is 61.4 Å². The van der Waals surface area contributed by atoms with Crippen LogP contribution in [-0.2, 0) is 0 Å². The van der Waals surface area contributed by atoms with E-state index in [-0.39, 0.29) is 30.0 Å². The Labute approximate surface area is 206 Å². The fourth-order valence-electron chi connectivity index (χ4n) is 3.47. The molecule has 1 aliphatic rings. The summed E-state index contributed by atoms with van der Waals surface area (Å²) in [6.07, 6.45) is 1.94. The third-order valence-electron chi connectivity index (χ3n) is 5.45. The predicted molar refractivity (Wildman–Crippen MR) is 140 cm³/mol. The highest BCUT2D eigenvalue weighted by atomic mass is 127. The van der Waals surface area contributed by atoms with E-state index >= 15 is 0 Å². The van der Waals surface area contributed by atoms with Gasteiger partial charge in [-0.05, 0) is 51.6 Å². The van der Waals surface area contributed by atoms with Gasteiger partial charge in [0.2, 0.25) is 0 Å². The lowest BCUT2D eigenvalue weighted by atomic mass is 10.1. The van der Waals surface area contributed by atoms with Crippen molar-refractivity contribution in [3.05, 3.63) is 23.8 Å². The highest BCUT2D eigenvalue weighted by Crippen LogP contribution is 2.31. The molecule has 2 unspecified atom stereocenters. The molecule has 2 N–H and O–H groups in total. The highest BCUT2D eigenvalue weighted by molar-refractivity contribution is 14.0. The van der Waals surface area contributed by atoms with Gasteiger partial charge in [0.1, 0.15) is 0 Å². The summed E-state index contributed by atoms with van der Waals surface area (Å²) in [5.41, 5.74) is 1.14. The van der Waals surface area contributed by atoms with E-state index in [2.05, 4.69) is 72.4 Å². The van der Waals surface area contributed by atoms with Crippen molar-refractivity contribution in [2.24, 2.45) is 4.99 Å². The normalized spacial score (nSPS) is 18.8. The van der Waals surface area contributed by atoms with Crippen LogP contribution in [0.4, 0.5) is 0 Å². The second kappa shape index (κ2) is 14.7. The fourth-order valence-corrected chi connectivity index (χ4v) is 3.47. The number of halogens is 1. The Bertz CT molecular complexity index is 673. The number of likely N-dealkylation sites (N-methyl/N-ethyl adjacent to an activating group) is 2. The zero-order valence-electron chi connectivity index (χ0n) is 20.1. The molecule has 0 saturated carbocycles. The maximum absolute atomic E-state index is 5.95. The first-order valence-electron chi connectivity index (χ1n) is 11.2. The molecule has 8 heteroatoms. The standard InChI is InChI=1S/C23H41N5O2.HI/c1-7-13-29-21-10-9-19(15-22(21)30-14-8-2)18(3)26-23(24-4)25-16-20-17-27(5)11-12-28(20)6;/h9-10,15,18,20H,7-8,11-14,16-17H2,1-6H3,(H2,24,25,26);1H. The summed E-state index contributed by atoms with van der Waals surface area (Å²) in [5, 5.41) is 7.00. The average Bonchev–Trinajstić information content (AvgIpc) is 2.75. The number of aliphatic imine (C=N–C) groups is 1. The molecule has 1 aliphatic heterocycles. The van der Waals surface area contributed by atoms with Crippen molar-refractivity contribution in [1.82, 2.24) is 20.4 Å². The molecule has 2 atom stereocenters. The van der Waals surface area contributed by atoms with Crippen LogP contribution in [0.15, 0.2) is 23.2 Å². The van der Waals surface area contributed by atoms with Gasteiger partial charge in [0.05, 0.1) is 19.3 Å². The van der Waals surface area contributed by atoms with Gasteiger partial charge in [-0.1, -0.05) is 19.9 Å². The molecule has 0 aromatic heterocycles. The van der Waals surface area contributed by atoms with Crippen molar-refractivity contribution in [1.29, 1.82) is 0 Å². The largest absolute Gasteiger partial charge is 0.490 e. The number of hydrogen-bond acceptors (Lipinski definition) is 5. The van der Waals surface area contributed by atoms with Crippen molar-refractivity contribution in [3.8, 4) is 11.5 Å². The molecule has 178 valence electrons. The maximum atomic E-state index is 5.95. The minimum absolute atomic E-state index is 0. The minimum Gasteiger partial charge on any atom is -0.490 e. The van der Waals surface area contributed by atoms with E-state index in [1.807, 2.05) is 13.1 Å². The van der Waals surface area contributed by atoms with Gasteiger partial charge < -0.3 is 25.0 Å². The Morgan fingerprint density at radius 2 is 1.81 bits per heavy atom. The van der Waals surface area contributed by atoms with Crippen LogP contribution in [0.5, 0.6) is 11.5 Å². The molecule has 0 aliphatic carbocycles. The molecule has 0 bridgehead atoms. The van der Waals surface area contributed by atoms with Gasteiger partial charge in [0.15, 0.2) is 17.5 Å². The first kappa shape index (κ1) is 27.8. The van der Waals surface area contributed by atoms with E-state index in [0.29, 0.717) is 19.3 Å². The number of piperazine rings is 1. The zero-order chi connectivity index (χ0) is 21.9. The SMILES string of the molecule is CCCOc1ccc(C(C)NC(=NC)NCC2CN(C)CCN2C)cc1OCCC.I. The number of guanidine groups is 1. The summed E-state index contributed by atoms with van der Waals surface area (Å²) in [6, 6.07) is 6.75. The van der Waals surface area contributed by atoms with Crippen molar-refractivity contribution in [2.45, 2.75) is 45.7 Å². The van der Waals surface area contributed by atoms with Crippen molar-refractivity contribution >= 4 is 29.9 Å². The van der Waals surface area contributed by atoms with Gasteiger partial charge >= 0.3 is 0 Å². The summed E-state index contributed by atoms with van der Waals surface area (Å²) in [7, 11) is 6.19. The molecule has 1 heterocycles. The molecule has 31 heavy (non-hydrogen) atoms. The van der Waals surface area contributed by atoms with Gasteiger partial charge in [-0.3, -0.25) is 9.89 Å². The van der Waals surface area contributed by atoms with Crippen molar-refractivity contribution < 1.29 is 9.47 Å². The van der Waals surface area contributed by atoms with Crippen LogP contribution >= 0.6 is 24.0 Å². The summed E-state index contributed by atoms with van der Waals surface area (Å²) >= 11 is 0. The molecule has 1 saturated heterocycles. The minimum atomic E-state index is 0. The monoisotopic (exact) mass is 547 g/mol. The lowest BCUT2D eigenvalue weighted by Gasteiger charge is -2.38. The molecular formula is C23H42IN5O2. The molecule has 2 rings (SSSR count). The van der Waals surface area contributed by atoms with Crippen LogP contribution in [0, 0.1) is 0 Å². The third-order valence-corrected chi connectivity index (χ3v) is 5.45. The number of rotatable bonds is 10. The lowest BCUT2D eigenvalue weighted by molar-refractivity contribution is 0.116. The van der Waals surface area contributed by atoms with E-state index in [1.165, 1.54) is 0 Å². The van der Waals surface area contributed by atoms with E-state index < -0.39 is 0 Å². The summed E-state index contributed by atoms with van der Waals surface area (Å²) < 4.78 is 11.8. The van der Waals surface area contributed by atoms with Crippen LogP contribution in [0.2, 0.25) is 0 Å². The maximum Gasteiger partial charge on any atom is 0.191 e. The summed E-state index contributed by atoms with van der Waals surface area (Å²) in [6.45, 7) is 11.9. The van der Waals surface area contributed by atoms with E-state index in [1.54, 1.807) is 0 Å². The average molecular weight is 548 g/mol. The first-order valence-corrected chi connectivity index (χ1v) is 11.2. The van der Waals surface area contributed by atoms with E-state index in [9.17, 15) is 0 Å². The van der Waals surface area contributed by atoms with Crippen molar-refractivity contribution in [3.63, 3.8) is 0 Å². The Hall–Kier alpha value is -1.26. The van der Waals surface area contributed by atoms with Crippen LogP contribution < -0.4 is 20.1 Å². The van der Waals surface area contributed by atoms with Crippen LogP contribution in [0.3, 0.4) is 0 Å². The van der Waals surface area contributed by atoms with E-state index in [4.69, 9.17) is 9.47 Å². The second-order valence-corrected chi connectivity index (χ2v) is 8.12. The van der Waals surface area contributed by atoms with Crippen LogP contribution in [0.25, 0.3) is 0 Å². The molecule has 1 aromatic rings. The Balaban J connectivity index is 0.00000480. The van der Waals surface area contributed by atoms with Gasteiger partial charge in [0.25, 0.3) is 0 Å². The molecule has 1 aromatic carbocycles. The second-order valence-electron chi connectivity index (χ2n) is 8.12. The van der Waals surface area contributed by atoms with Crippen LogP contribution in [0.1, 0.15) is 45.2 Å². The molecule has 7 nitrogen and oxygen atoms in total. The third kappa shape index (κ3) is 9.02. The quantitative estimate of drug-likeness (QED) is 0.266. The van der Waals surface area contributed by atoms with Gasteiger partial charge in [-0.25, -0.2) is 0 Å². The number of hydrogen-bond donors (Lipinski definition) is 2. The lowest BCUT2D eigenvalue weighted by Crippen LogP contribution is -2.55. The summed E-state index contributed by atoms with van der Waals surface area (Å²) in [4.78, 5) is 9.21. The first-order chi connectivity index (χ1) is 14.5. The number of ether oxygens (including phenoxy) is 2. The Morgan fingerprint density at radius 1 is 1.13 bits per heavy atom. The van der Waals surface area contributed by atoms with Gasteiger partial charge in [-0.2, -0.15) is 0 Å². The Kier molecular flexibility index (Phi) is 13.2. The number of nitrogens with one attached hydrogen (secondary N) is 2. The summed E-state index contributed by atoms with van der Waals surface area (Å²) in [5.74, 6) is 2.44. The molecule has 0 spiro atoms. The molecule has 1 fully saturated rings. The van der Waals surface area contributed by atoms with Gasteiger partial charge in [-0.15, -0.1) is 24.0 Å².